The van der Waals surface area contributed by atoms with E-state index in [9.17, 15) is 13.0 Å². The molecule has 9 rings (SSSR count). The molecule has 0 saturated heterocycles. The average Bonchev–Trinajstić information content (AvgIpc) is 3.76. The van der Waals surface area contributed by atoms with Crippen molar-refractivity contribution in [3.05, 3.63) is 91.0 Å². The first kappa shape index (κ1) is 40.4. The summed E-state index contributed by atoms with van der Waals surface area (Å²) < 4.78 is 35.2. The summed E-state index contributed by atoms with van der Waals surface area (Å²) in [6.45, 7) is 0. The Morgan fingerprint density at radius 1 is 0.449 bits per heavy atom. The first-order chi connectivity index (χ1) is 21.4. The maximum absolute atomic E-state index is 12.5. The molecular formula is C32H22CuN8Na4O3S. The molecule has 0 unspecified atom stereocenters. The van der Waals surface area contributed by atoms with Crippen molar-refractivity contribution >= 4 is 172 Å². The van der Waals surface area contributed by atoms with Crippen molar-refractivity contribution in [3.63, 3.8) is 0 Å². The first-order valence-corrected chi connectivity index (χ1v) is 15.1. The van der Waals surface area contributed by atoms with Crippen LogP contribution in [0.4, 0.5) is 0 Å². The third-order valence-electron chi connectivity index (χ3n) is 7.82. The monoisotopic (exact) mass is 753 g/mol. The standard InChI is InChI=1S/C32H18N8O3S.Cu.4Na.4H/c41-44(42,43)23-15-7-14-22-24(23)32-39-30-21-13-6-5-12-20(21)28(37-30)35-26-17-9-2-1-8-16(17)25(33-26)34-27-18-10-3-4-11-19(18)29(36-27)38-31(22)40-32;;;;;;;;;/h1-15H,(H,41,42,43)(H2,33,34,35,36,37,38,39,40);;;;;;;;;. The molecule has 3 N–H and O–H groups in total. The quantitative estimate of drug-likeness (QED) is 0.168. The average molecular weight is 754 g/mol. The van der Waals surface area contributed by atoms with Crippen LogP contribution in [0, 0.1) is 0 Å². The van der Waals surface area contributed by atoms with Crippen molar-refractivity contribution in [3.8, 4) is 45.6 Å². The number of benzene rings is 4. The normalized spacial score (nSPS) is 11.1. The molecule has 0 fully saturated rings. The molecule has 7 aromatic rings. The van der Waals surface area contributed by atoms with Crippen LogP contribution >= 0.6 is 0 Å². The Kier molecular flexibility index (Phi) is 13.0. The maximum atomic E-state index is 12.5. The zero-order valence-corrected chi connectivity index (χ0v) is 24.6. The number of aromatic amines is 2. The van der Waals surface area contributed by atoms with Crippen LogP contribution in [0.2, 0.25) is 0 Å². The van der Waals surface area contributed by atoms with Gasteiger partial charge in [0.05, 0.1) is 0 Å². The summed E-state index contributed by atoms with van der Waals surface area (Å²) in [6.07, 6.45) is 0. The molecule has 0 atom stereocenters. The fourth-order valence-electron chi connectivity index (χ4n) is 5.87. The van der Waals surface area contributed by atoms with E-state index in [1.165, 1.54) is 6.07 Å². The second-order valence-corrected chi connectivity index (χ2v) is 11.8. The number of H-pyrrole nitrogens is 2. The number of nitrogens with zero attached hydrogens (tertiary/aromatic N) is 6. The van der Waals surface area contributed by atoms with Crippen molar-refractivity contribution in [2.75, 3.05) is 0 Å². The number of aromatic nitrogens is 8. The van der Waals surface area contributed by atoms with E-state index >= 15 is 0 Å². The Balaban J connectivity index is 0.00000108. The zero-order valence-electron chi connectivity index (χ0n) is 22.8. The minimum absolute atomic E-state index is 0. The van der Waals surface area contributed by atoms with Gasteiger partial charge in [-0.2, -0.15) is 8.42 Å². The van der Waals surface area contributed by atoms with E-state index in [4.69, 9.17) is 29.9 Å². The van der Waals surface area contributed by atoms with E-state index in [0.717, 1.165) is 33.0 Å². The van der Waals surface area contributed by atoms with Crippen LogP contribution in [0.3, 0.4) is 0 Å². The number of hydrogen-bond acceptors (Lipinski definition) is 8. The molecule has 0 spiro atoms. The van der Waals surface area contributed by atoms with E-state index in [1.54, 1.807) is 12.1 Å². The molecule has 4 aromatic carbocycles. The van der Waals surface area contributed by atoms with Crippen LogP contribution in [-0.4, -0.2) is 171 Å². The van der Waals surface area contributed by atoms with Crippen LogP contribution in [0.25, 0.3) is 89.7 Å². The van der Waals surface area contributed by atoms with Crippen molar-refractivity contribution in [1.29, 1.82) is 0 Å². The van der Waals surface area contributed by atoms with E-state index in [2.05, 4.69) is 9.97 Å². The molecule has 229 valence electrons. The van der Waals surface area contributed by atoms with Gasteiger partial charge in [0.2, 0.25) is 0 Å². The predicted molar refractivity (Wildman–Crippen MR) is 194 cm³/mol. The molecule has 1 radical (unpaired) electrons. The molecule has 17 heteroatoms. The topological polar surface area (TPSA) is 163 Å². The molecule has 5 heterocycles. The van der Waals surface area contributed by atoms with E-state index in [1.807, 2.05) is 72.8 Å². The van der Waals surface area contributed by atoms with E-state index in [0.29, 0.717) is 45.6 Å². The molecule has 11 nitrogen and oxygen atoms in total. The third kappa shape index (κ3) is 6.96. The molecule has 49 heavy (non-hydrogen) atoms. The number of fused-ring (bicyclic) bond motifs is 20. The Hall–Kier alpha value is -1.33. The van der Waals surface area contributed by atoms with Gasteiger partial charge in [-0.25, -0.2) is 29.9 Å². The Labute approximate surface area is 378 Å². The van der Waals surface area contributed by atoms with Crippen molar-refractivity contribution in [2.45, 2.75) is 4.90 Å². The Morgan fingerprint density at radius 3 is 1.22 bits per heavy atom. The molecule has 3 aromatic heterocycles. The van der Waals surface area contributed by atoms with Gasteiger partial charge >= 0.3 is 118 Å². The fourth-order valence-corrected chi connectivity index (χ4v) is 6.59. The van der Waals surface area contributed by atoms with Crippen LogP contribution < -0.4 is 0 Å². The van der Waals surface area contributed by atoms with Gasteiger partial charge in [-0.3, -0.25) is 4.55 Å². The second-order valence-electron chi connectivity index (χ2n) is 10.4. The molecule has 2 aliphatic rings. The summed E-state index contributed by atoms with van der Waals surface area (Å²) in [7, 11) is -4.62. The molecular weight excluding hydrogens is 732 g/mol. The number of hydrogen-bond donors (Lipinski definition) is 3. The summed E-state index contributed by atoms with van der Waals surface area (Å²) in [5.41, 5.74) is 4.68. The van der Waals surface area contributed by atoms with Gasteiger partial charge in [0.25, 0.3) is 10.1 Å². The van der Waals surface area contributed by atoms with Crippen molar-refractivity contribution < 1.29 is 30.0 Å². The van der Waals surface area contributed by atoms with Crippen LogP contribution in [0.5, 0.6) is 0 Å². The zero-order chi connectivity index (χ0) is 29.6. The van der Waals surface area contributed by atoms with Crippen LogP contribution in [-0.2, 0) is 27.2 Å². The van der Waals surface area contributed by atoms with Gasteiger partial charge in [0.1, 0.15) is 27.5 Å². The third-order valence-corrected chi connectivity index (χ3v) is 8.72. The van der Waals surface area contributed by atoms with Crippen molar-refractivity contribution in [2.24, 2.45) is 0 Å². The van der Waals surface area contributed by atoms with Gasteiger partial charge in [0.15, 0.2) is 23.3 Å². The van der Waals surface area contributed by atoms with Gasteiger partial charge in [-0.15, -0.1) is 0 Å². The van der Waals surface area contributed by atoms with Crippen LogP contribution in [0.1, 0.15) is 0 Å². The summed E-state index contributed by atoms with van der Waals surface area (Å²) in [4.78, 5) is 35.4. The van der Waals surface area contributed by atoms with Crippen LogP contribution in [0.15, 0.2) is 95.9 Å². The predicted octanol–water partition coefficient (Wildman–Crippen LogP) is 3.52. The summed E-state index contributed by atoms with van der Waals surface area (Å²) in [6, 6.07) is 27.6. The Bertz CT molecular complexity index is 2680. The molecule has 0 saturated carbocycles. The van der Waals surface area contributed by atoms with Gasteiger partial charge < -0.3 is 9.97 Å². The van der Waals surface area contributed by atoms with Gasteiger partial charge in [0, 0.05) is 60.9 Å². The number of nitrogens with one attached hydrogen (secondary N) is 2. The molecule has 0 amide bonds. The summed E-state index contributed by atoms with van der Waals surface area (Å²) in [5.74, 6) is 1.60. The number of rotatable bonds is 1. The van der Waals surface area contributed by atoms with E-state index in [-0.39, 0.29) is 151 Å². The molecule has 0 aliphatic carbocycles. The second kappa shape index (κ2) is 15.7. The van der Waals surface area contributed by atoms with Crippen molar-refractivity contribution in [1.82, 2.24) is 39.9 Å². The molecule has 8 bridgehead atoms. The van der Waals surface area contributed by atoms with Gasteiger partial charge in [-0.05, 0) is 6.07 Å². The SMILES string of the molecule is O=S(=O)(O)c1cccc2c3nc4nc(nc5[nH]c(nc6nc(nc([nH]3)c12)-c1ccccc1-6)c1ccccc51)-c1ccccc1-4.[Cu].[NaH].[NaH].[NaH].[NaH]. The van der Waals surface area contributed by atoms with E-state index < -0.39 is 10.1 Å². The summed E-state index contributed by atoms with van der Waals surface area (Å²) >= 11 is 0. The Morgan fingerprint density at radius 2 is 0.796 bits per heavy atom. The molecule has 2 aliphatic heterocycles. The summed E-state index contributed by atoms with van der Waals surface area (Å²) in [5, 5.41) is 2.36. The minimum atomic E-state index is -4.62. The van der Waals surface area contributed by atoms with Gasteiger partial charge in [-0.1, -0.05) is 84.9 Å². The first-order valence-electron chi connectivity index (χ1n) is 13.6. The fraction of sp³-hybridized carbons (Fsp3) is 0.